The second-order valence-corrected chi connectivity index (χ2v) is 7.16. The van der Waals surface area contributed by atoms with E-state index in [1.807, 2.05) is 36.2 Å². The summed E-state index contributed by atoms with van der Waals surface area (Å²) in [6, 6.07) is 16.1. The van der Waals surface area contributed by atoms with Crippen molar-refractivity contribution < 1.29 is 9.90 Å². The number of nitrogens with zero attached hydrogens (tertiary/aromatic N) is 1. The molecule has 0 spiro atoms. The second-order valence-electron chi connectivity index (χ2n) is 6.05. The Hall–Kier alpha value is -2.50. The molecule has 3 rings (SSSR count). The molecule has 2 aromatic rings. The molecule has 0 aromatic heterocycles. The molecule has 0 aliphatic carbocycles. The minimum absolute atomic E-state index is 0.870. The number of nitrogens with one attached hydrogen (secondary N) is 1. The zero-order chi connectivity index (χ0) is 18.2. The van der Waals surface area contributed by atoms with Crippen molar-refractivity contribution in [2.24, 2.45) is 0 Å². The molecule has 5 heteroatoms. The molecule has 134 valence electrons. The van der Waals surface area contributed by atoms with Crippen molar-refractivity contribution in [1.29, 1.82) is 0 Å². The lowest BCUT2D eigenvalue weighted by molar-refractivity contribution is -0.131. The third-order valence-corrected chi connectivity index (χ3v) is 5.02. The van der Waals surface area contributed by atoms with Gasteiger partial charge in [0.25, 0.3) is 0 Å². The Morgan fingerprint density at radius 3 is 2.42 bits per heavy atom. The number of rotatable bonds is 6. The Kier molecular flexibility index (Phi) is 6.52. The molecular weight excluding hydrogens is 344 g/mol. The Labute approximate surface area is 158 Å². The Morgan fingerprint density at radius 1 is 1.00 bits per heavy atom. The van der Waals surface area contributed by atoms with E-state index in [-0.39, 0.29) is 0 Å². The zero-order valence-electron chi connectivity index (χ0n) is 14.5. The molecule has 0 amide bonds. The van der Waals surface area contributed by atoms with Crippen LogP contribution in [-0.2, 0) is 4.79 Å². The standard InChI is InChI=1S/C21H22N2O2S/c24-21(25)13-12-18-8-6-17(7-9-18)10-11-19-4-3-5-20(16-19)22-23-14-1-2-15-26-23/h3-13,16,22H,1-2,14-15H2,(H,24,25). The third-order valence-electron chi connectivity index (χ3n) is 3.97. The molecule has 0 radical (unpaired) electrons. The first-order valence-electron chi connectivity index (χ1n) is 8.65. The fourth-order valence-corrected chi connectivity index (χ4v) is 3.60. The van der Waals surface area contributed by atoms with Crippen molar-refractivity contribution in [3.8, 4) is 0 Å². The average molecular weight is 366 g/mol. The average Bonchev–Trinajstić information content (AvgIpc) is 2.67. The molecule has 2 N–H and O–H groups in total. The molecule has 0 bridgehead atoms. The predicted molar refractivity (Wildman–Crippen MR) is 111 cm³/mol. The van der Waals surface area contributed by atoms with Gasteiger partial charge in [0.15, 0.2) is 0 Å². The van der Waals surface area contributed by atoms with Gasteiger partial charge in [0.05, 0.1) is 5.69 Å². The van der Waals surface area contributed by atoms with E-state index >= 15 is 0 Å². The van der Waals surface area contributed by atoms with E-state index in [1.54, 1.807) is 6.08 Å². The van der Waals surface area contributed by atoms with Crippen LogP contribution in [0, 0.1) is 0 Å². The van der Waals surface area contributed by atoms with Gasteiger partial charge in [-0.3, -0.25) is 0 Å². The second kappa shape index (κ2) is 9.27. The Bertz CT molecular complexity index is 794. The maximum Gasteiger partial charge on any atom is 0.328 e. The molecule has 0 unspecified atom stereocenters. The van der Waals surface area contributed by atoms with Gasteiger partial charge in [0.1, 0.15) is 0 Å². The minimum atomic E-state index is -0.939. The van der Waals surface area contributed by atoms with E-state index in [9.17, 15) is 4.79 Å². The van der Waals surface area contributed by atoms with Crippen LogP contribution in [0.25, 0.3) is 18.2 Å². The lowest BCUT2D eigenvalue weighted by Crippen LogP contribution is -2.27. The van der Waals surface area contributed by atoms with Gasteiger partial charge in [-0.05, 0) is 47.7 Å². The molecule has 4 nitrogen and oxygen atoms in total. The van der Waals surface area contributed by atoms with Gasteiger partial charge in [0.2, 0.25) is 0 Å². The topological polar surface area (TPSA) is 52.6 Å². The summed E-state index contributed by atoms with van der Waals surface area (Å²) in [5.74, 6) is 0.231. The van der Waals surface area contributed by atoms with Gasteiger partial charge >= 0.3 is 5.97 Å². The minimum Gasteiger partial charge on any atom is -0.478 e. The van der Waals surface area contributed by atoms with Crippen molar-refractivity contribution in [2.75, 3.05) is 17.7 Å². The highest BCUT2D eigenvalue weighted by atomic mass is 32.2. The van der Waals surface area contributed by atoms with Crippen molar-refractivity contribution in [1.82, 2.24) is 4.41 Å². The summed E-state index contributed by atoms with van der Waals surface area (Å²) in [6.45, 7) is 1.06. The smallest absolute Gasteiger partial charge is 0.328 e. The number of hydrazine groups is 1. The first-order valence-corrected chi connectivity index (χ1v) is 9.60. The molecule has 1 aliphatic heterocycles. The number of carboxylic acids is 1. The van der Waals surface area contributed by atoms with Gasteiger partial charge in [-0.1, -0.05) is 60.5 Å². The van der Waals surface area contributed by atoms with Gasteiger partial charge < -0.3 is 10.5 Å². The number of hydrogen-bond donors (Lipinski definition) is 2. The number of benzene rings is 2. The fraction of sp³-hybridized carbons (Fsp3) is 0.190. The predicted octanol–water partition coefficient (Wildman–Crippen LogP) is 5.03. The maximum atomic E-state index is 10.5. The Balaban J connectivity index is 1.62. The van der Waals surface area contributed by atoms with E-state index in [4.69, 9.17) is 5.11 Å². The lowest BCUT2D eigenvalue weighted by Gasteiger charge is -2.26. The molecule has 26 heavy (non-hydrogen) atoms. The quantitative estimate of drug-likeness (QED) is 0.427. The molecular formula is C21H22N2O2S. The van der Waals surface area contributed by atoms with E-state index in [1.165, 1.54) is 18.6 Å². The normalized spacial score (nSPS) is 15.5. The van der Waals surface area contributed by atoms with E-state index < -0.39 is 5.97 Å². The van der Waals surface area contributed by atoms with Crippen LogP contribution in [0.15, 0.2) is 54.6 Å². The Morgan fingerprint density at radius 2 is 1.73 bits per heavy atom. The van der Waals surface area contributed by atoms with Crippen molar-refractivity contribution in [3.63, 3.8) is 0 Å². The van der Waals surface area contributed by atoms with Crippen LogP contribution in [-0.4, -0.2) is 27.8 Å². The highest BCUT2D eigenvalue weighted by Crippen LogP contribution is 2.22. The molecule has 2 aromatic carbocycles. The third kappa shape index (κ3) is 5.79. The summed E-state index contributed by atoms with van der Waals surface area (Å²) < 4.78 is 2.20. The molecule has 1 aliphatic rings. The van der Waals surface area contributed by atoms with E-state index in [2.05, 4.69) is 46.3 Å². The van der Waals surface area contributed by atoms with Crippen LogP contribution in [0.2, 0.25) is 0 Å². The highest BCUT2D eigenvalue weighted by Gasteiger charge is 2.10. The van der Waals surface area contributed by atoms with Crippen molar-refractivity contribution in [3.05, 3.63) is 71.3 Å². The summed E-state index contributed by atoms with van der Waals surface area (Å²) in [4.78, 5) is 10.5. The summed E-state index contributed by atoms with van der Waals surface area (Å²) in [7, 11) is 0. The summed E-state index contributed by atoms with van der Waals surface area (Å²) in [5, 5.41) is 8.66. The molecule has 0 saturated carbocycles. The number of anilines is 1. The van der Waals surface area contributed by atoms with Crippen molar-refractivity contribution in [2.45, 2.75) is 12.8 Å². The molecule has 1 saturated heterocycles. The largest absolute Gasteiger partial charge is 0.478 e. The monoisotopic (exact) mass is 366 g/mol. The van der Waals surface area contributed by atoms with Crippen LogP contribution in [0.5, 0.6) is 0 Å². The van der Waals surface area contributed by atoms with Gasteiger partial charge in [-0.25, -0.2) is 4.79 Å². The zero-order valence-corrected chi connectivity index (χ0v) is 15.3. The van der Waals surface area contributed by atoms with Crippen LogP contribution >= 0.6 is 11.9 Å². The first-order chi connectivity index (χ1) is 12.7. The maximum absolute atomic E-state index is 10.5. The van der Waals surface area contributed by atoms with Crippen LogP contribution in [0.1, 0.15) is 29.5 Å². The SMILES string of the molecule is O=C(O)C=Cc1ccc(C=Cc2cccc(NN3CCCCS3)c2)cc1. The van der Waals surface area contributed by atoms with Gasteiger partial charge in [-0.15, -0.1) is 0 Å². The van der Waals surface area contributed by atoms with Crippen LogP contribution < -0.4 is 5.43 Å². The first kappa shape index (κ1) is 18.3. The lowest BCUT2D eigenvalue weighted by atomic mass is 10.1. The summed E-state index contributed by atoms with van der Waals surface area (Å²) >= 11 is 1.84. The van der Waals surface area contributed by atoms with Crippen LogP contribution in [0.4, 0.5) is 5.69 Å². The number of aliphatic carboxylic acids is 1. The summed E-state index contributed by atoms with van der Waals surface area (Å²) in [5.41, 5.74) is 7.62. The molecule has 1 heterocycles. The van der Waals surface area contributed by atoms with Crippen molar-refractivity contribution >= 4 is 41.8 Å². The molecule has 1 fully saturated rings. The number of hydrogen-bond acceptors (Lipinski definition) is 4. The number of carbonyl (C=O) groups is 1. The van der Waals surface area contributed by atoms with Crippen LogP contribution in [0.3, 0.4) is 0 Å². The van der Waals surface area contributed by atoms with Gasteiger partial charge in [0, 0.05) is 18.4 Å². The highest BCUT2D eigenvalue weighted by molar-refractivity contribution is 7.97. The summed E-state index contributed by atoms with van der Waals surface area (Å²) in [6.07, 6.45) is 9.39. The number of carboxylic acid groups (broad SMARTS) is 1. The fourth-order valence-electron chi connectivity index (χ4n) is 2.62. The van der Waals surface area contributed by atoms with Gasteiger partial charge in [-0.2, -0.15) is 4.41 Å². The van der Waals surface area contributed by atoms with E-state index in [0.717, 1.165) is 35.0 Å². The van der Waals surface area contributed by atoms with E-state index in [0.29, 0.717) is 0 Å². The molecule has 0 atom stereocenters.